The molecule has 4 heteroatoms. The fourth-order valence-electron chi connectivity index (χ4n) is 0. The van der Waals surface area contributed by atoms with Gasteiger partial charge in [0.2, 0.25) is 0 Å². The largest absolute Gasteiger partial charge is 0.316 e. The molecule has 0 aliphatic heterocycles. The van der Waals surface area contributed by atoms with Gasteiger partial charge in [-0.1, -0.05) is 0 Å². The van der Waals surface area contributed by atoms with Crippen molar-refractivity contribution < 1.29 is 4.21 Å². The van der Waals surface area contributed by atoms with Gasteiger partial charge in [-0.2, -0.15) is 4.21 Å². The summed E-state index contributed by atoms with van der Waals surface area (Å²) >= 11 is 2.83. The first-order valence-corrected chi connectivity index (χ1v) is 0.500. The third kappa shape index (κ3) is 8.97. The molecule has 0 radical (unpaired) electrons. The van der Waals surface area contributed by atoms with E-state index in [1.165, 1.54) is 0 Å². The Hall–Kier alpha value is 2.05. The second-order valence-corrected chi connectivity index (χ2v) is 0. The van der Waals surface area contributed by atoms with Gasteiger partial charge in [-0.25, -0.2) is 0 Å². The number of hydrogen-bond acceptors (Lipinski definition) is 2. The molecule has 20 valence electrons. The molecule has 0 saturated carbocycles. The first-order chi connectivity index (χ1) is 1.00. The molecule has 0 heterocycles. The van der Waals surface area contributed by atoms with Crippen molar-refractivity contribution in [3.8, 4) is 0 Å². The molecular weight excluding hydrogens is 112 g/mol. The van der Waals surface area contributed by atoms with Crippen LogP contribution in [0.2, 0.25) is 0 Å². The van der Waals surface area contributed by atoms with E-state index in [-0.39, 0.29) is 60.8 Å². The van der Waals surface area contributed by atoms with Crippen LogP contribution in [-0.2, 0) is 12.5 Å². The van der Waals surface area contributed by atoms with E-state index < -0.39 is 0 Å². The molecule has 0 unspecified atom stereocenters. The summed E-state index contributed by atoms with van der Waals surface area (Å²) in [7, 11) is 0. The minimum Gasteiger partial charge on any atom is 0.316 e. The summed E-state index contributed by atoms with van der Waals surface area (Å²) in [5.41, 5.74) is 0. The summed E-state index contributed by atoms with van der Waals surface area (Å²) in [5, 5.41) is 0. The molecule has 0 aromatic carbocycles. The minimum atomic E-state index is 0. The fraction of sp³-hybridized carbons (Fsp3) is 0. The first-order valence-electron chi connectivity index (χ1n) is 0.167. The monoisotopic (exact) mass is 116 g/mol. The minimum absolute atomic E-state index is 0. The number of hydrogen-bond donors (Lipinski definition) is 0. The van der Waals surface area contributed by atoms with Gasteiger partial charge in [0.25, 0.3) is 0 Å². The van der Waals surface area contributed by atoms with Crippen LogP contribution in [0, 0.1) is 0 Å². The van der Waals surface area contributed by atoms with Crippen LogP contribution < -0.4 is 0 Å². The van der Waals surface area contributed by atoms with Crippen molar-refractivity contribution in [2.24, 2.45) is 0 Å². The van der Waals surface area contributed by atoms with Crippen LogP contribution in [-0.4, -0.2) is 65.0 Å². The van der Waals surface area contributed by atoms with Gasteiger partial charge in [0, 0.05) is 0 Å². The van der Waals surface area contributed by atoms with E-state index in [9.17, 15) is 0 Å². The van der Waals surface area contributed by atoms with E-state index in [0.717, 1.165) is 0 Å². The van der Waals surface area contributed by atoms with Crippen LogP contribution in [0.25, 0.3) is 0 Å². The molecule has 0 aliphatic carbocycles. The molecule has 0 atom stereocenters. The molecule has 0 aromatic rings. The van der Waals surface area contributed by atoms with E-state index in [4.69, 9.17) is 4.21 Å². The molecule has 0 N–H and O–H groups in total. The standard InChI is InChI=1S/Ca.Mg.OS.4H/c;;1-2;;;;. The summed E-state index contributed by atoms with van der Waals surface area (Å²) in [6.45, 7) is 0. The zero-order valence-corrected chi connectivity index (χ0v) is 1.63. The van der Waals surface area contributed by atoms with Crippen molar-refractivity contribution in [1.29, 1.82) is 0 Å². The summed E-state index contributed by atoms with van der Waals surface area (Å²) in [5.74, 6) is 0. The van der Waals surface area contributed by atoms with E-state index in [0.29, 0.717) is 0 Å². The quantitative estimate of drug-likeness (QED) is 0.335. The molecular formula is H4CaMgOS. The Balaban J connectivity index is -0.00000000500. The Morgan fingerprint density at radius 3 is 1.25 bits per heavy atom. The molecule has 0 aromatic heterocycles. The van der Waals surface area contributed by atoms with Gasteiger partial charge in [-0.3, -0.25) is 0 Å². The second-order valence-electron chi connectivity index (χ2n) is 0. The van der Waals surface area contributed by atoms with Crippen LogP contribution in [0.4, 0.5) is 0 Å². The summed E-state index contributed by atoms with van der Waals surface area (Å²) in [4.78, 5) is 0. The van der Waals surface area contributed by atoms with Gasteiger partial charge < -0.3 is 0 Å². The van der Waals surface area contributed by atoms with Gasteiger partial charge in [-0.05, 0) is 0 Å². The Bertz CT molecular complexity index is 8.00. The number of rotatable bonds is 0. The van der Waals surface area contributed by atoms with Crippen molar-refractivity contribution in [3.63, 3.8) is 0 Å². The third-order valence-electron chi connectivity index (χ3n) is 0. The Labute approximate surface area is 76.2 Å². The molecule has 0 saturated heterocycles. The van der Waals surface area contributed by atoms with Crippen molar-refractivity contribution in [1.82, 2.24) is 0 Å². The topological polar surface area (TPSA) is 17.1 Å². The van der Waals surface area contributed by atoms with E-state index >= 15 is 0 Å². The zero-order valence-electron chi connectivity index (χ0n) is 0.816. The summed E-state index contributed by atoms with van der Waals surface area (Å²) in [6, 6.07) is 0. The molecule has 0 rings (SSSR count). The van der Waals surface area contributed by atoms with Crippen LogP contribution in [0.1, 0.15) is 0 Å². The van der Waals surface area contributed by atoms with E-state index in [2.05, 4.69) is 12.5 Å². The fourth-order valence-corrected chi connectivity index (χ4v) is 0. The maximum Gasteiger partial charge on any atom is 0.316 e. The van der Waals surface area contributed by atoms with E-state index in [1.807, 2.05) is 0 Å². The maximum absolute atomic E-state index is 7.83. The van der Waals surface area contributed by atoms with Gasteiger partial charge in [0.05, 0.1) is 0 Å². The maximum atomic E-state index is 7.83. The Morgan fingerprint density at radius 1 is 1.25 bits per heavy atom. The molecule has 1 nitrogen and oxygen atoms in total. The zero-order chi connectivity index (χ0) is 2.00. The summed E-state index contributed by atoms with van der Waals surface area (Å²) < 4.78 is 7.83. The molecule has 0 spiro atoms. The van der Waals surface area contributed by atoms with Gasteiger partial charge in [-0.15, -0.1) is 0 Å². The first kappa shape index (κ1) is 16.6. The van der Waals surface area contributed by atoms with E-state index in [1.54, 1.807) is 0 Å². The average molecular weight is 116 g/mol. The van der Waals surface area contributed by atoms with Gasteiger partial charge >= 0.3 is 60.8 Å². The molecule has 4 heavy (non-hydrogen) atoms. The molecule has 0 amide bonds. The van der Waals surface area contributed by atoms with Crippen molar-refractivity contribution in [2.45, 2.75) is 0 Å². The normalized spacial score (nSPS) is 1.00. The average Bonchev–Trinajstić information content (AvgIpc) is 1.00. The Kier molecular flexibility index (Phi) is 81.9. The van der Waals surface area contributed by atoms with Crippen LogP contribution >= 0.6 is 0 Å². The SMILES string of the molecule is O=S.[CaH2].[MgH2]. The summed E-state index contributed by atoms with van der Waals surface area (Å²) in [6.07, 6.45) is 0. The smallest absolute Gasteiger partial charge is 0.316 e. The van der Waals surface area contributed by atoms with Crippen LogP contribution in [0.15, 0.2) is 0 Å². The predicted octanol–water partition coefficient (Wildman–Crippen LogP) is -2.17. The van der Waals surface area contributed by atoms with Gasteiger partial charge in [0.1, 0.15) is 0 Å². The molecule has 0 fully saturated rings. The van der Waals surface area contributed by atoms with Crippen molar-refractivity contribution >= 4 is 73.3 Å². The van der Waals surface area contributed by atoms with Crippen LogP contribution in [0.3, 0.4) is 0 Å². The second kappa shape index (κ2) is 19.7. The Morgan fingerprint density at radius 2 is 1.25 bits per heavy atom. The molecule has 0 bridgehead atoms. The third-order valence-corrected chi connectivity index (χ3v) is 0. The van der Waals surface area contributed by atoms with Crippen molar-refractivity contribution in [3.05, 3.63) is 0 Å². The van der Waals surface area contributed by atoms with Crippen molar-refractivity contribution in [2.75, 3.05) is 0 Å². The predicted molar refractivity (Wildman–Crippen MR) is 25.2 cm³/mol. The van der Waals surface area contributed by atoms with Crippen LogP contribution in [0.5, 0.6) is 0 Å². The van der Waals surface area contributed by atoms with Gasteiger partial charge in [0.15, 0.2) is 12.5 Å². The molecule has 0 aliphatic rings.